The van der Waals surface area contributed by atoms with Gasteiger partial charge in [0.25, 0.3) is 5.91 Å². The third-order valence-corrected chi connectivity index (χ3v) is 4.37. The second-order valence-corrected chi connectivity index (χ2v) is 6.23. The lowest BCUT2D eigenvalue weighted by atomic mass is 9.88. The molecule has 5 heteroatoms. The van der Waals surface area contributed by atoms with Crippen LogP contribution in [-0.2, 0) is 16.0 Å². The van der Waals surface area contributed by atoms with E-state index in [2.05, 4.69) is 11.4 Å². The van der Waals surface area contributed by atoms with Crippen LogP contribution in [0.1, 0.15) is 40.4 Å². The Bertz CT molecular complexity index is 743. The van der Waals surface area contributed by atoms with E-state index < -0.39 is 5.97 Å². The van der Waals surface area contributed by atoms with Crippen molar-refractivity contribution in [1.82, 2.24) is 5.32 Å². The molecular weight excluding hydrogens is 326 g/mol. The summed E-state index contributed by atoms with van der Waals surface area (Å²) >= 11 is 5.78. The molecule has 0 heterocycles. The van der Waals surface area contributed by atoms with Gasteiger partial charge >= 0.3 is 5.97 Å². The molecule has 0 aromatic heterocycles. The minimum atomic E-state index is -0.536. The number of fused-ring (bicyclic) bond motifs is 1. The van der Waals surface area contributed by atoms with Crippen LogP contribution in [-0.4, -0.2) is 18.5 Å². The molecule has 124 valence electrons. The number of hydrogen-bond acceptors (Lipinski definition) is 3. The molecule has 0 fully saturated rings. The number of nitrogens with one attached hydrogen (secondary N) is 1. The number of halogens is 1. The highest BCUT2D eigenvalue weighted by molar-refractivity contribution is 6.30. The highest BCUT2D eigenvalue weighted by atomic mass is 35.5. The first-order chi connectivity index (χ1) is 11.6. The molecule has 1 N–H and O–H groups in total. The van der Waals surface area contributed by atoms with Crippen LogP contribution in [0.2, 0.25) is 5.02 Å². The van der Waals surface area contributed by atoms with Gasteiger partial charge in [-0.2, -0.15) is 0 Å². The summed E-state index contributed by atoms with van der Waals surface area (Å²) in [6.45, 7) is -0.292. The molecule has 1 atom stereocenters. The van der Waals surface area contributed by atoms with Crippen LogP contribution in [0.15, 0.2) is 48.5 Å². The lowest BCUT2D eigenvalue weighted by molar-refractivity contribution is -0.125. The van der Waals surface area contributed by atoms with Gasteiger partial charge in [-0.15, -0.1) is 0 Å². The molecule has 0 aliphatic heterocycles. The van der Waals surface area contributed by atoms with Crippen LogP contribution >= 0.6 is 11.6 Å². The fourth-order valence-corrected chi connectivity index (χ4v) is 3.07. The van der Waals surface area contributed by atoms with Gasteiger partial charge in [-0.3, -0.25) is 4.79 Å². The van der Waals surface area contributed by atoms with Crippen molar-refractivity contribution in [2.45, 2.75) is 25.3 Å². The maximum Gasteiger partial charge on any atom is 0.338 e. The number of carbonyl (C=O) groups excluding carboxylic acids is 2. The molecule has 2 aromatic rings. The number of amides is 1. The molecule has 0 radical (unpaired) electrons. The highest BCUT2D eigenvalue weighted by Gasteiger charge is 2.21. The zero-order valence-electron chi connectivity index (χ0n) is 13.1. The second-order valence-electron chi connectivity index (χ2n) is 5.79. The maximum atomic E-state index is 12.1. The van der Waals surface area contributed by atoms with Gasteiger partial charge in [0, 0.05) is 5.02 Å². The lowest BCUT2D eigenvalue weighted by Crippen LogP contribution is -2.34. The van der Waals surface area contributed by atoms with Crippen LogP contribution in [0.5, 0.6) is 0 Å². The molecule has 2 aromatic carbocycles. The summed E-state index contributed by atoms with van der Waals surface area (Å²) in [4.78, 5) is 24.0. The van der Waals surface area contributed by atoms with E-state index >= 15 is 0 Å². The van der Waals surface area contributed by atoms with Gasteiger partial charge in [-0.05, 0) is 54.7 Å². The van der Waals surface area contributed by atoms with Crippen molar-refractivity contribution in [3.63, 3.8) is 0 Å². The normalized spacial score (nSPS) is 16.1. The number of ether oxygens (including phenoxy) is 1. The van der Waals surface area contributed by atoms with Gasteiger partial charge in [-0.25, -0.2) is 4.79 Å². The maximum absolute atomic E-state index is 12.1. The number of hydrogen-bond donors (Lipinski definition) is 1. The van der Waals surface area contributed by atoms with Gasteiger partial charge in [0.1, 0.15) is 0 Å². The fourth-order valence-electron chi connectivity index (χ4n) is 2.94. The van der Waals surface area contributed by atoms with Gasteiger partial charge in [-0.1, -0.05) is 35.9 Å². The molecule has 0 saturated heterocycles. The first-order valence-corrected chi connectivity index (χ1v) is 8.31. The van der Waals surface area contributed by atoms with Crippen LogP contribution < -0.4 is 5.32 Å². The Morgan fingerprint density at radius 2 is 1.88 bits per heavy atom. The Labute approximate surface area is 145 Å². The number of esters is 1. The Kier molecular flexibility index (Phi) is 5.16. The highest BCUT2D eigenvalue weighted by Crippen LogP contribution is 2.29. The van der Waals surface area contributed by atoms with E-state index in [1.807, 2.05) is 18.2 Å². The van der Waals surface area contributed by atoms with E-state index in [9.17, 15) is 9.59 Å². The van der Waals surface area contributed by atoms with Crippen molar-refractivity contribution in [1.29, 1.82) is 0 Å². The molecule has 1 amide bonds. The Morgan fingerprint density at radius 1 is 1.12 bits per heavy atom. The second kappa shape index (κ2) is 7.49. The predicted molar refractivity (Wildman–Crippen MR) is 92.0 cm³/mol. The van der Waals surface area contributed by atoms with Crippen LogP contribution in [0.4, 0.5) is 0 Å². The van der Waals surface area contributed by atoms with Crippen molar-refractivity contribution < 1.29 is 14.3 Å². The zero-order chi connectivity index (χ0) is 16.9. The van der Waals surface area contributed by atoms with E-state index in [0.29, 0.717) is 10.6 Å². The SMILES string of the molecule is O=C(COC(=O)c1ccc(Cl)cc1)NC1CCCc2ccccc21. The van der Waals surface area contributed by atoms with E-state index in [-0.39, 0.29) is 18.6 Å². The minimum absolute atomic E-state index is 0.0170. The summed E-state index contributed by atoms with van der Waals surface area (Å²) in [6, 6.07) is 14.5. The number of aryl methyl sites for hydroxylation is 1. The van der Waals surface area contributed by atoms with E-state index in [4.69, 9.17) is 16.3 Å². The standard InChI is InChI=1S/C19H18ClNO3/c20-15-10-8-14(9-11-15)19(23)24-12-18(22)21-17-7-3-5-13-4-1-2-6-16(13)17/h1-2,4,6,8-11,17H,3,5,7,12H2,(H,21,22). The number of rotatable bonds is 4. The molecule has 1 aliphatic carbocycles. The summed E-state index contributed by atoms with van der Waals surface area (Å²) in [5.74, 6) is -0.829. The van der Waals surface area contributed by atoms with Crippen LogP contribution in [0.25, 0.3) is 0 Å². The van der Waals surface area contributed by atoms with Crippen molar-refractivity contribution in [2.75, 3.05) is 6.61 Å². The van der Waals surface area contributed by atoms with Crippen LogP contribution in [0, 0.1) is 0 Å². The monoisotopic (exact) mass is 343 g/mol. The third kappa shape index (κ3) is 3.95. The van der Waals surface area contributed by atoms with E-state index in [1.165, 1.54) is 5.56 Å². The third-order valence-electron chi connectivity index (χ3n) is 4.12. The summed E-state index contributed by atoms with van der Waals surface area (Å²) in [5.41, 5.74) is 2.79. The molecule has 0 bridgehead atoms. The molecule has 1 aliphatic rings. The summed E-state index contributed by atoms with van der Waals surface area (Å²) < 4.78 is 5.07. The molecule has 0 spiro atoms. The molecule has 24 heavy (non-hydrogen) atoms. The van der Waals surface area contributed by atoms with Gasteiger partial charge in [0.05, 0.1) is 11.6 Å². The molecule has 0 saturated carbocycles. The summed E-state index contributed by atoms with van der Waals surface area (Å²) in [7, 11) is 0. The van der Waals surface area contributed by atoms with Crippen molar-refractivity contribution >= 4 is 23.5 Å². The quantitative estimate of drug-likeness (QED) is 0.861. The number of benzene rings is 2. The zero-order valence-corrected chi connectivity index (χ0v) is 13.9. The predicted octanol–water partition coefficient (Wildman–Crippen LogP) is 3.69. The first-order valence-electron chi connectivity index (χ1n) is 7.93. The van der Waals surface area contributed by atoms with Crippen molar-refractivity contribution in [2.24, 2.45) is 0 Å². The van der Waals surface area contributed by atoms with Crippen molar-refractivity contribution in [3.8, 4) is 0 Å². The summed E-state index contributed by atoms with van der Waals surface area (Å²) in [6.07, 6.45) is 2.97. The Balaban J connectivity index is 1.55. The fraction of sp³-hybridized carbons (Fsp3) is 0.263. The van der Waals surface area contributed by atoms with Gasteiger partial charge in [0.15, 0.2) is 6.61 Å². The first kappa shape index (κ1) is 16.5. The average Bonchev–Trinajstić information content (AvgIpc) is 2.61. The molecule has 3 rings (SSSR count). The smallest absolute Gasteiger partial charge is 0.338 e. The molecule has 1 unspecified atom stereocenters. The topological polar surface area (TPSA) is 55.4 Å². The average molecular weight is 344 g/mol. The van der Waals surface area contributed by atoms with E-state index in [1.54, 1.807) is 24.3 Å². The number of carbonyl (C=O) groups is 2. The Hall–Kier alpha value is -2.33. The Morgan fingerprint density at radius 3 is 2.67 bits per heavy atom. The molecule has 4 nitrogen and oxygen atoms in total. The van der Waals surface area contributed by atoms with Crippen LogP contribution in [0.3, 0.4) is 0 Å². The largest absolute Gasteiger partial charge is 0.452 e. The lowest BCUT2D eigenvalue weighted by Gasteiger charge is -2.26. The van der Waals surface area contributed by atoms with Crippen molar-refractivity contribution in [3.05, 3.63) is 70.2 Å². The molecular formula is C19H18ClNO3. The summed E-state index contributed by atoms with van der Waals surface area (Å²) in [5, 5.41) is 3.50. The van der Waals surface area contributed by atoms with E-state index in [0.717, 1.165) is 24.8 Å². The van der Waals surface area contributed by atoms with Gasteiger partial charge < -0.3 is 10.1 Å². The van der Waals surface area contributed by atoms with Gasteiger partial charge in [0.2, 0.25) is 0 Å². The minimum Gasteiger partial charge on any atom is -0.452 e.